The Labute approximate surface area is 112 Å². The molecule has 0 atom stereocenters. The lowest BCUT2D eigenvalue weighted by atomic mass is 10.2. The van der Waals surface area contributed by atoms with E-state index in [-0.39, 0.29) is 25.5 Å². The first-order valence-corrected chi connectivity index (χ1v) is 5.90. The van der Waals surface area contributed by atoms with Gasteiger partial charge in [0.15, 0.2) is 0 Å². The number of carbonyl (C=O) groups excluding carboxylic acids is 2. The second-order valence-corrected chi connectivity index (χ2v) is 4.67. The number of halogens is 2. The van der Waals surface area contributed by atoms with Crippen LogP contribution < -0.4 is 11.5 Å². The molecule has 0 aliphatic heterocycles. The lowest BCUT2D eigenvalue weighted by Crippen LogP contribution is -2.39. The van der Waals surface area contributed by atoms with Crippen molar-refractivity contribution in [3.8, 4) is 0 Å². The van der Waals surface area contributed by atoms with Crippen LogP contribution in [0, 0.1) is 5.82 Å². The number of carbonyl (C=O) groups is 2. The van der Waals surface area contributed by atoms with Crippen molar-refractivity contribution in [1.29, 1.82) is 0 Å². The van der Waals surface area contributed by atoms with E-state index in [1.165, 1.54) is 17.0 Å². The van der Waals surface area contributed by atoms with Crippen molar-refractivity contribution in [2.24, 2.45) is 11.5 Å². The van der Waals surface area contributed by atoms with Gasteiger partial charge in [-0.05, 0) is 17.7 Å². The summed E-state index contributed by atoms with van der Waals surface area (Å²) >= 11 is 3.21. The monoisotopic (exact) mass is 317 g/mol. The van der Waals surface area contributed by atoms with Crippen LogP contribution in [0.25, 0.3) is 0 Å². The van der Waals surface area contributed by atoms with E-state index in [4.69, 9.17) is 11.5 Å². The molecule has 4 N–H and O–H groups in total. The minimum Gasteiger partial charge on any atom is -0.369 e. The third-order valence-corrected chi connectivity index (χ3v) is 2.91. The van der Waals surface area contributed by atoms with E-state index >= 15 is 0 Å². The topological polar surface area (TPSA) is 89.4 Å². The molecule has 0 spiro atoms. The molecule has 0 bridgehead atoms. The van der Waals surface area contributed by atoms with Gasteiger partial charge in [0, 0.05) is 11.0 Å². The summed E-state index contributed by atoms with van der Waals surface area (Å²) in [5, 5.41) is 0. The van der Waals surface area contributed by atoms with Crippen molar-refractivity contribution < 1.29 is 14.0 Å². The Kier molecular flexibility index (Phi) is 5.24. The van der Waals surface area contributed by atoms with Gasteiger partial charge in [-0.3, -0.25) is 14.5 Å². The van der Waals surface area contributed by atoms with E-state index in [0.717, 1.165) is 5.56 Å². The lowest BCUT2D eigenvalue weighted by molar-refractivity contribution is -0.122. The molecule has 2 amide bonds. The minimum absolute atomic E-state index is 0.0905. The zero-order valence-corrected chi connectivity index (χ0v) is 11.1. The van der Waals surface area contributed by atoms with E-state index in [2.05, 4.69) is 15.9 Å². The van der Waals surface area contributed by atoms with Gasteiger partial charge >= 0.3 is 0 Å². The summed E-state index contributed by atoms with van der Waals surface area (Å²) in [4.78, 5) is 23.2. The fraction of sp³-hybridized carbons (Fsp3) is 0.273. The SMILES string of the molecule is NC(=O)CN(CC(N)=O)Cc1ccc(F)cc1Br. The van der Waals surface area contributed by atoms with Gasteiger partial charge in [0.05, 0.1) is 13.1 Å². The lowest BCUT2D eigenvalue weighted by Gasteiger charge is -2.19. The van der Waals surface area contributed by atoms with Crippen LogP contribution in [0.15, 0.2) is 22.7 Å². The van der Waals surface area contributed by atoms with Gasteiger partial charge in [-0.15, -0.1) is 0 Å². The van der Waals surface area contributed by atoms with Crippen LogP contribution in [0.4, 0.5) is 4.39 Å². The molecule has 1 aromatic rings. The first-order valence-electron chi connectivity index (χ1n) is 5.11. The predicted octanol–water partition coefficient (Wildman–Crippen LogP) is 0.361. The third-order valence-electron chi connectivity index (χ3n) is 2.17. The molecule has 0 saturated carbocycles. The molecule has 7 heteroatoms. The Bertz CT molecular complexity index is 452. The molecule has 18 heavy (non-hydrogen) atoms. The fourth-order valence-electron chi connectivity index (χ4n) is 1.50. The van der Waals surface area contributed by atoms with Crippen molar-refractivity contribution in [2.75, 3.05) is 13.1 Å². The minimum atomic E-state index is -0.561. The maximum Gasteiger partial charge on any atom is 0.231 e. The molecule has 98 valence electrons. The number of hydrogen-bond acceptors (Lipinski definition) is 3. The second kappa shape index (κ2) is 6.46. The van der Waals surface area contributed by atoms with E-state index in [0.29, 0.717) is 4.47 Å². The first kappa shape index (κ1) is 14.6. The van der Waals surface area contributed by atoms with Crippen molar-refractivity contribution >= 4 is 27.7 Å². The zero-order chi connectivity index (χ0) is 13.7. The van der Waals surface area contributed by atoms with Crippen LogP contribution in [0.1, 0.15) is 5.56 Å². The summed E-state index contributed by atoms with van der Waals surface area (Å²) in [6.07, 6.45) is 0. The summed E-state index contributed by atoms with van der Waals surface area (Å²) in [5.41, 5.74) is 10.9. The van der Waals surface area contributed by atoms with Crippen LogP contribution in [-0.4, -0.2) is 29.8 Å². The van der Waals surface area contributed by atoms with Gasteiger partial charge in [-0.1, -0.05) is 22.0 Å². The number of hydrogen-bond donors (Lipinski definition) is 2. The fourth-order valence-corrected chi connectivity index (χ4v) is 1.98. The molecule has 0 aliphatic carbocycles. The normalized spacial score (nSPS) is 10.6. The van der Waals surface area contributed by atoms with Crippen LogP contribution in [0.2, 0.25) is 0 Å². The highest BCUT2D eigenvalue weighted by molar-refractivity contribution is 9.10. The van der Waals surface area contributed by atoms with Gasteiger partial charge in [0.25, 0.3) is 0 Å². The number of rotatable bonds is 6. The molecule has 0 heterocycles. The molecule has 0 fully saturated rings. The van der Waals surface area contributed by atoms with Crippen LogP contribution in [-0.2, 0) is 16.1 Å². The number of benzene rings is 1. The van der Waals surface area contributed by atoms with E-state index in [1.54, 1.807) is 6.07 Å². The van der Waals surface area contributed by atoms with Crippen molar-refractivity contribution in [1.82, 2.24) is 4.90 Å². The van der Waals surface area contributed by atoms with Gasteiger partial charge in [-0.25, -0.2) is 4.39 Å². The van der Waals surface area contributed by atoms with E-state index in [1.807, 2.05) is 0 Å². The van der Waals surface area contributed by atoms with E-state index < -0.39 is 11.8 Å². The average molecular weight is 318 g/mol. The zero-order valence-electron chi connectivity index (χ0n) is 9.53. The third kappa shape index (κ3) is 4.80. The molecule has 0 aromatic heterocycles. The highest BCUT2D eigenvalue weighted by Gasteiger charge is 2.13. The van der Waals surface area contributed by atoms with Gasteiger partial charge in [0.1, 0.15) is 5.82 Å². The van der Waals surface area contributed by atoms with Crippen LogP contribution in [0.5, 0.6) is 0 Å². The van der Waals surface area contributed by atoms with Crippen LogP contribution >= 0.6 is 15.9 Å². The summed E-state index contributed by atoms with van der Waals surface area (Å²) in [6, 6.07) is 4.17. The largest absolute Gasteiger partial charge is 0.369 e. The van der Waals surface area contributed by atoms with Gasteiger partial charge in [0.2, 0.25) is 11.8 Å². The molecule has 0 radical (unpaired) electrons. The Morgan fingerprint density at radius 1 is 1.22 bits per heavy atom. The number of nitrogens with zero attached hydrogens (tertiary/aromatic N) is 1. The second-order valence-electron chi connectivity index (χ2n) is 3.81. The molecule has 1 rings (SSSR count). The molecular formula is C11H13BrFN3O2. The summed E-state index contributed by atoms with van der Waals surface area (Å²) in [7, 11) is 0. The van der Waals surface area contributed by atoms with E-state index in [9.17, 15) is 14.0 Å². The number of amides is 2. The van der Waals surface area contributed by atoms with Crippen LogP contribution in [0.3, 0.4) is 0 Å². The Morgan fingerprint density at radius 2 is 1.78 bits per heavy atom. The molecule has 0 aliphatic rings. The number of nitrogens with two attached hydrogens (primary N) is 2. The Morgan fingerprint density at radius 3 is 2.22 bits per heavy atom. The summed E-state index contributed by atoms with van der Waals surface area (Å²) < 4.78 is 13.5. The summed E-state index contributed by atoms with van der Waals surface area (Å²) in [6.45, 7) is 0.0895. The summed E-state index contributed by atoms with van der Waals surface area (Å²) in [5.74, 6) is -1.49. The first-order chi connectivity index (χ1) is 8.38. The van der Waals surface area contributed by atoms with Crippen molar-refractivity contribution in [3.05, 3.63) is 34.1 Å². The number of primary amides is 2. The molecular weight excluding hydrogens is 305 g/mol. The Balaban J connectivity index is 2.81. The highest BCUT2D eigenvalue weighted by atomic mass is 79.9. The van der Waals surface area contributed by atoms with Crippen molar-refractivity contribution in [3.63, 3.8) is 0 Å². The maximum atomic E-state index is 12.9. The standard InChI is InChI=1S/C11H13BrFN3O2/c12-9-3-8(13)2-1-7(9)4-16(5-10(14)17)6-11(15)18/h1-3H,4-6H2,(H2,14,17)(H2,15,18). The Hall–Kier alpha value is -1.47. The smallest absolute Gasteiger partial charge is 0.231 e. The highest BCUT2D eigenvalue weighted by Crippen LogP contribution is 2.19. The molecule has 0 unspecified atom stereocenters. The van der Waals surface area contributed by atoms with Crippen molar-refractivity contribution in [2.45, 2.75) is 6.54 Å². The maximum absolute atomic E-state index is 12.9. The van der Waals surface area contributed by atoms with Gasteiger partial charge in [-0.2, -0.15) is 0 Å². The quantitative estimate of drug-likeness (QED) is 0.794. The van der Waals surface area contributed by atoms with Gasteiger partial charge < -0.3 is 11.5 Å². The molecule has 1 aromatic carbocycles. The molecule has 0 saturated heterocycles. The molecule has 5 nitrogen and oxygen atoms in total. The average Bonchev–Trinajstić information content (AvgIpc) is 2.20. The predicted molar refractivity (Wildman–Crippen MR) is 67.8 cm³/mol.